The number of likely N-dealkylation sites (N-methyl/N-ethyl adjacent to an activating group) is 1. The van der Waals surface area contributed by atoms with E-state index in [1.54, 1.807) is 0 Å². The molecule has 10 heteroatoms. The van der Waals surface area contributed by atoms with Crippen molar-refractivity contribution in [3.05, 3.63) is 48.6 Å². The van der Waals surface area contributed by atoms with Crippen molar-refractivity contribution in [2.75, 3.05) is 47.5 Å². The third kappa shape index (κ3) is 39.7. The van der Waals surface area contributed by atoms with Crippen LogP contribution in [0.25, 0.3) is 0 Å². The number of allylic oxidation sites excluding steroid dienone is 8. The Hall–Kier alpha value is -2.03. The van der Waals surface area contributed by atoms with Gasteiger partial charge in [-0.1, -0.05) is 127 Å². The molecule has 314 valence electrons. The van der Waals surface area contributed by atoms with E-state index in [1.165, 1.54) is 51.4 Å². The zero-order valence-electron chi connectivity index (χ0n) is 35.2. The van der Waals surface area contributed by atoms with Crippen LogP contribution in [-0.4, -0.2) is 74.9 Å². The van der Waals surface area contributed by atoms with Gasteiger partial charge in [0.05, 0.1) is 27.7 Å². The molecule has 0 fully saturated rings. The number of unbranched alkanes of at least 4 members (excludes halogenated alkanes) is 16. The second kappa shape index (κ2) is 36.6. The molecule has 0 radical (unpaired) electrons. The summed E-state index contributed by atoms with van der Waals surface area (Å²) in [5, 5.41) is 0. The Bertz CT molecular complexity index is 1070. The van der Waals surface area contributed by atoms with Crippen molar-refractivity contribution in [1.82, 2.24) is 0 Å². The van der Waals surface area contributed by atoms with E-state index in [2.05, 4.69) is 62.5 Å². The van der Waals surface area contributed by atoms with E-state index in [0.717, 1.165) is 83.5 Å². The van der Waals surface area contributed by atoms with Crippen molar-refractivity contribution in [1.29, 1.82) is 0 Å². The lowest BCUT2D eigenvalue weighted by Crippen LogP contribution is -2.37. The summed E-state index contributed by atoms with van der Waals surface area (Å²) in [7, 11) is 1.45. The highest BCUT2D eigenvalue weighted by Gasteiger charge is 2.27. The maximum atomic E-state index is 12.7. The monoisotopic (exact) mass is 783 g/mol. The van der Waals surface area contributed by atoms with Crippen LogP contribution in [0.1, 0.15) is 168 Å². The molecule has 1 N–H and O–H groups in total. The third-order valence-corrected chi connectivity index (χ3v) is 9.82. The van der Waals surface area contributed by atoms with E-state index in [1.807, 2.05) is 21.1 Å². The topological polar surface area (TPSA) is 108 Å². The summed E-state index contributed by atoms with van der Waals surface area (Å²) in [5.41, 5.74) is 0. The van der Waals surface area contributed by atoms with Crippen LogP contribution in [0.2, 0.25) is 0 Å². The van der Waals surface area contributed by atoms with Gasteiger partial charge >= 0.3 is 19.8 Å². The van der Waals surface area contributed by atoms with Gasteiger partial charge in [-0.05, 0) is 77.0 Å². The van der Waals surface area contributed by atoms with Crippen LogP contribution in [0.3, 0.4) is 0 Å². The van der Waals surface area contributed by atoms with E-state index in [4.69, 9.17) is 18.5 Å². The molecular formula is C44H81NO8P+. The molecule has 0 aliphatic carbocycles. The lowest BCUT2D eigenvalue weighted by Gasteiger charge is -2.24. The fourth-order valence-electron chi connectivity index (χ4n) is 5.43. The molecule has 0 aliphatic heterocycles. The predicted molar refractivity (Wildman–Crippen MR) is 224 cm³/mol. The lowest BCUT2D eigenvalue weighted by atomic mass is 10.1. The number of esters is 2. The molecule has 0 rings (SSSR count). The van der Waals surface area contributed by atoms with Crippen molar-refractivity contribution in [3.63, 3.8) is 0 Å². The van der Waals surface area contributed by atoms with Crippen molar-refractivity contribution in [2.45, 2.75) is 174 Å². The standard InChI is InChI=1S/C44H80NO8P/c1-6-8-10-12-14-16-18-20-22-24-26-28-30-32-34-36-43(46)50-40-42(41-52-54(48,49)51-39-38-45(3,4)5)53-44(47)37-35-33-31-29-27-25-23-21-19-17-15-13-11-9-7-2/h14-17,20-23,42H,6-13,18-19,24-41H2,1-5H3/p+1/b16-14-,17-15-,22-20-,23-21-. The molecule has 0 heterocycles. The summed E-state index contributed by atoms with van der Waals surface area (Å²) < 4.78 is 34.2. The fraction of sp³-hybridized carbons (Fsp3) is 0.773. The summed E-state index contributed by atoms with van der Waals surface area (Å²) in [6.07, 6.45) is 41.5. The van der Waals surface area contributed by atoms with Gasteiger partial charge in [-0.2, -0.15) is 0 Å². The van der Waals surface area contributed by atoms with Crippen molar-refractivity contribution < 1.29 is 42.1 Å². The van der Waals surface area contributed by atoms with Crippen molar-refractivity contribution in [3.8, 4) is 0 Å². The number of hydrogen-bond acceptors (Lipinski definition) is 7. The molecule has 0 bridgehead atoms. The first-order valence-corrected chi connectivity index (χ1v) is 22.9. The van der Waals surface area contributed by atoms with Gasteiger partial charge in [0.15, 0.2) is 6.10 Å². The summed E-state index contributed by atoms with van der Waals surface area (Å²) in [6.45, 7) is 4.32. The minimum atomic E-state index is -4.38. The second-order valence-electron chi connectivity index (χ2n) is 15.4. The van der Waals surface area contributed by atoms with Crippen LogP contribution in [0.4, 0.5) is 0 Å². The van der Waals surface area contributed by atoms with Gasteiger partial charge < -0.3 is 18.9 Å². The summed E-state index contributed by atoms with van der Waals surface area (Å²) >= 11 is 0. The van der Waals surface area contributed by atoms with Gasteiger partial charge in [-0.15, -0.1) is 0 Å². The fourth-order valence-corrected chi connectivity index (χ4v) is 6.17. The Labute approximate surface area is 331 Å². The Morgan fingerprint density at radius 2 is 1.00 bits per heavy atom. The molecule has 54 heavy (non-hydrogen) atoms. The van der Waals surface area contributed by atoms with Crippen molar-refractivity contribution in [2.24, 2.45) is 0 Å². The maximum absolute atomic E-state index is 12.7. The molecule has 0 aromatic heterocycles. The molecule has 2 atom stereocenters. The molecule has 0 spiro atoms. The van der Waals surface area contributed by atoms with Gasteiger partial charge in [-0.25, -0.2) is 4.57 Å². The minimum Gasteiger partial charge on any atom is -0.462 e. The Kier molecular flexibility index (Phi) is 35.2. The highest BCUT2D eigenvalue weighted by atomic mass is 31.2. The number of carbonyl (C=O) groups is 2. The highest BCUT2D eigenvalue weighted by molar-refractivity contribution is 7.47. The lowest BCUT2D eigenvalue weighted by molar-refractivity contribution is -0.870. The van der Waals surface area contributed by atoms with E-state index in [-0.39, 0.29) is 32.0 Å². The quantitative estimate of drug-likeness (QED) is 0.0217. The van der Waals surface area contributed by atoms with Crippen LogP contribution < -0.4 is 0 Å². The Balaban J connectivity index is 4.44. The second-order valence-corrected chi connectivity index (χ2v) is 16.8. The number of ether oxygens (including phenoxy) is 2. The summed E-state index contributed by atoms with van der Waals surface area (Å²) in [4.78, 5) is 35.3. The largest absolute Gasteiger partial charge is 0.472 e. The SMILES string of the molecule is CCCCC/C=C\C/C=C\CCCCCCCC(=O)OCC(COP(=O)(O)OCC[N+](C)(C)C)OC(=O)CCCCCCC/C=C\C/C=C\CCCCC. The zero-order valence-corrected chi connectivity index (χ0v) is 36.1. The first-order chi connectivity index (χ1) is 26.0. The number of nitrogens with zero attached hydrogens (tertiary/aromatic N) is 1. The van der Waals surface area contributed by atoms with Gasteiger partial charge in [0, 0.05) is 12.8 Å². The van der Waals surface area contributed by atoms with Crippen molar-refractivity contribution >= 4 is 19.8 Å². The molecule has 9 nitrogen and oxygen atoms in total. The summed E-state index contributed by atoms with van der Waals surface area (Å²) in [6, 6.07) is 0. The molecule has 0 aromatic rings. The number of phosphoric ester groups is 1. The number of hydrogen-bond donors (Lipinski definition) is 1. The highest BCUT2D eigenvalue weighted by Crippen LogP contribution is 2.43. The van der Waals surface area contributed by atoms with Gasteiger partial charge in [0.1, 0.15) is 19.8 Å². The number of carbonyl (C=O) groups excluding carboxylic acids is 2. The molecule has 0 amide bonds. The molecule has 0 saturated heterocycles. The third-order valence-electron chi connectivity index (χ3n) is 8.83. The van der Waals surface area contributed by atoms with E-state index in [0.29, 0.717) is 17.4 Å². The molecule has 0 aromatic carbocycles. The van der Waals surface area contributed by atoms with Gasteiger partial charge in [0.25, 0.3) is 0 Å². The van der Waals surface area contributed by atoms with Crippen LogP contribution in [-0.2, 0) is 32.7 Å². The number of phosphoric acid groups is 1. The predicted octanol–water partition coefficient (Wildman–Crippen LogP) is 11.9. The minimum absolute atomic E-state index is 0.0249. The van der Waals surface area contributed by atoms with Crippen LogP contribution in [0, 0.1) is 0 Å². The number of quaternary nitrogens is 1. The normalized spacial score (nSPS) is 14.1. The van der Waals surface area contributed by atoms with Crippen LogP contribution >= 0.6 is 7.82 Å². The molecular weight excluding hydrogens is 701 g/mol. The maximum Gasteiger partial charge on any atom is 0.472 e. The first kappa shape index (κ1) is 52.0. The Morgan fingerprint density at radius 1 is 0.574 bits per heavy atom. The van der Waals surface area contributed by atoms with Gasteiger partial charge in [-0.3, -0.25) is 18.6 Å². The van der Waals surface area contributed by atoms with Crippen LogP contribution in [0.15, 0.2) is 48.6 Å². The van der Waals surface area contributed by atoms with E-state index in [9.17, 15) is 19.0 Å². The first-order valence-electron chi connectivity index (χ1n) is 21.4. The Morgan fingerprint density at radius 3 is 1.46 bits per heavy atom. The van der Waals surface area contributed by atoms with E-state index >= 15 is 0 Å². The van der Waals surface area contributed by atoms with Crippen LogP contribution in [0.5, 0.6) is 0 Å². The molecule has 0 saturated carbocycles. The molecule has 0 aliphatic rings. The molecule has 2 unspecified atom stereocenters. The van der Waals surface area contributed by atoms with E-state index < -0.39 is 26.5 Å². The zero-order chi connectivity index (χ0) is 40.0. The number of rotatable bonds is 38. The van der Waals surface area contributed by atoms with Gasteiger partial charge in [0.2, 0.25) is 0 Å². The smallest absolute Gasteiger partial charge is 0.462 e. The summed E-state index contributed by atoms with van der Waals surface area (Å²) in [5.74, 6) is -0.834. The average molecular weight is 783 g/mol. The average Bonchev–Trinajstić information content (AvgIpc) is 3.12.